The number of fused-ring (bicyclic) bond motifs is 1. The Labute approximate surface area is 183 Å². The van der Waals surface area contributed by atoms with Crippen LogP contribution < -0.4 is 23.8 Å². The number of nitrogens with zero attached hydrogens (tertiary/aromatic N) is 1. The van der Waals surface area contributed by atoms with Gasteiger partial charge in [-0.3, -0.25) is 9.10 Å². The summed E-state index contributed by atoms with van der Waals surface area (Å²) in [6.45, 7) is 5.02. The third-order valence-electron chi connectivity index (χ3n) is 4.83. The maximum Gasteiger partial charge on any atom is 0.232 e. The van der Waals surface area contributed by atoms with Gasteiger partial charge in [0.25, 0.3) is 0 Å². The topological polar surface area (TPSA) is 94.2 Å². The van der Waals surface area contributed by atoms with Crippen molar-refractivity contribution in [3.8, 4) is 17.2 Å². The zero-order chi connectivity index (χ0) is 22.4. The quantitative estimate of drug-likeness (QED) is 0.562. The van der Waals surface area contributed by atoms with Crippen LogP contribution in [0, 0.1) is 13.8 Å². The summed E-state index contributed by atoms with van der Waals surface area (Å²) in [5.74, 6) is 1.75. The molecule has 0 aromatic heterocycles. The van der Waals surface area contributed by atoms with E-state index in [0.29, 0.717) is 36.8 Å². The molecule has 3 rings (SSSR count). The molecule has 1 aliphatic rings. The van der Waals surface area contributed by atoms with Gasteiger partial charge in [-0.15, -0.1) is 0 Å². The molecule has 0 unspecified atom stereocenters. The molecule has 0 spiro atoms. The molecule has 0 saturated carbocycles. The molecule has 168 valence electrons. The maximum atomic E-state index is 12.2. The Morgan fingerprint density at radius 1 is 1.13 bits per heavy atom. The standard InChI is InChI=1S/C22H28N2O6S/c1-16-6-7-17(2)20(13-16)28-12-10-23-22(25)5-4-11-24(31(3,26)27)18-8-9-19-21(14-18)30-15-29-19/h6-9,13-14H,4-5,10-12,15H2,1-3H3,(H,23,25). The molecule has 31 heavy (non-hydrogen) atoms. The average Bonchev–Trinajstić information content (AvgIpc) is 3.18. The summed E-state index contributed by atoms with van der Waals surface area (Å²) in [5.41, 5.74) is 2.64. The van der Waals surface area contributed by atoms with Gasteiger partial charge in [0.2, 0.25) is 22.7 Å². The van der Waals surface area contributed by atoms with Crippen LogP contribution in [0.4, 0.5) is 5.69 Å². The highest BCUT2D eigenvalue weighted by molar-refractivity contribution is 7.92. The van der Waals surface area contributed by atoms with Crippen molar-refractivity contribution in [1.82, 2.24) is 5.32 Å². The number of carbonyl (C=O) groups excluding carboxylic acids is 1. The Morgan fingerprint density at radius 3 is 2.68 bits per heavy atom. The lowest BCUT2D eigenvalue weighted by Crippen LogP contribution is -2.32. The fourth-order valence-corrected chi connectivity index (χ4v) is 4.17. The number of hydrogen-bond acceptors (Lipinski definition) is 6. The van der Waals surface area contributed by atoms with Gasteiger partial charge in [-0.05, 0) is 49.6 Å². The Balaban J connectivity index is 1.45. The van der Waals surface area contributed by atoms with Crippen molar-refractivity contribution >= 4 is 21.6 Å². The van der Waals surface area contributed by atoms with Gasteiger partial charge >= 0.3 is 0 Å². The van der Waals surface area contributed by atoms with E-state index in [1.165, 1.54) is 4.31 Å². The molecule has 0 fully saturated rings. The van der Waals surface area contributed by atoms with E-state index in [1.807, 2.05) is 32.0 Å². The third kappa shape index (κ3) is 6.27. The van der Waals surface area contributed by atoms with E-state index in [4.69, 9.17) is 14.2 Å². The summed E-state index contributed by atoms with van der Waals surface area (Å²) in [5, 5.41) is 2.80. The molecule has 0 aliphatic carbocycles. The van der Waals surface area contributed by atoms with E-state index in [0.717, 1.165) is 23.1 Å². The minimum absolute atomic E-state index is 0.116. The van der Waals surface area contributed by atoms with Gasteiger partial charge in [0.1, 0.15) is 12.4 Å². The number of ether oxygens (including phenoxy) is 3. The molecule has 1 amide bonds. The van der Waals surface area contributed by atoms with Crippen LogP contribution in [0.15, 0.2) is 36.4 Å². The molecule has 0 saturated heterocycles. The van der Waals surface area contributed by atoms with Crippen LogP contribution in [0.1, 0.15) is 24.0 Å². The second kappa shape index (κ2) is 9.91. The van der Waals surface area contributed by atoms with Gasteiger partial charge < -0.3 is 19.5 Å². The van der Waals surface area contributed by atoms with Crippen molar-refractivity contribution in [3.63, 3.8) is 0 Å². The van der Waals surface area contributed by atoms with Crippen LogP contribution >= 0.6 is 0 Å². The normalized spacial score (nSPS) is 12.5. The van der Waals surface area contributed by atoms with Crippen molar-refractivity contribution < 1.29 is 27.4 Å². The first-order chi connectivity index (χ1) is 14.7. The first-order valence-corrected chi connectivity index (χ1v) is 11.9. The van der Waals surface area contributed by atoms with Crippen LogP contribution in [0.2, 0.25) is 0 Å². The molecule has 1 N–H and O–H groups in total. The Morgan fingerprint density at radius 2 is 1.90 bits per heavy atom. The highest BCUT2D eigenvalue weighted by Gasteiger charge is 2.21. The van der Waals surface area contributed by atoms with Gasteiger partial charge in [0, 0.05) is 19.0 Å². The molecular formula is C22H28N2O6S. The van der Waals surface area contributed by atoms with E-state index in [1.54, 1.807) is 18.2 Å². The molecular weight excluding hydrogens is 420 g/mol. The summed E-state index contributed by atoms with van der Waals surface area (Å²) in [6.07, 6.45) is 1.73. The summed E-state index contributed by atoms with van der Waals surface area (Å²) in [4.78, 5) is 12.1. The number of hydrogen-bond donors (Lipinski definition) is 1. The van der Waals surface area contributed by atoms with E-state index >= 15 is 0 Å². The molecule has 0 bridgehead atoms. The Bertz CT molecular complexity index is 1040. The predicted octanol–water partition coefficient (Wildman–Crippen LogP) is 2.77. The number of carbonyl (C=O) groups is 1. The molecule has 8 nitrogen and oxygen atoms in total. The highest BCUT2D eigenvalue weighted by atomic mass is 32.2. The monoisotopic (exact) mass is 448 g/mol. The van der Waals surface area contributed by atoms with Crippen LogP contribution in [0.3, 0.4) is 0 Å². The first-order valence-electron chi connectivity index (χ1n) is 10.1. The van der Waals surface area contributed by atoms with Crippen LogP contribution in [0.5, 0.6) is 17.2 Å². The number of rotatable bonds is 10. The van der Waals surface area contributed by atoms with Crippen LogP contribution in [-0.2, 0) is 14.8 Å². The summed E-state index contributed by atoms with van der Waals surface area (Å²) in [7, 11) is -3.51. The molecule has 1 heterocycles. The molecule has 2 aromatic carbocycles. The number of nitrogens with one attached hydrogen (secondary N) is 1. The smallest absolute Gasteiger partial charge is 0.232 e. The molecule has 0 atom stereocenters. The maximum absolute atomic E-state index is 12.2. The van der Waals surface area contributed by atoms with E-state index in [2.05, 4.69) is 5.32 Å². The minimum atomic E-state index is -3.51. The van der Waals surface area contributed by atoms with Gasteiger partial charge in [-0.2, -0.15) is 0 Å². The predicted molar refractivity (Wildman–Crippen MR) is 118 cm³/mol. The first kappa shape index (κ1) is 22.7. The van der Waals surface area contributed by atoms with Crippen LogP contribution in [0.25, 0.3) is 0 Å². The summed E-state index contributed by atoms with van der Waals surface area (Å²) < 4.78 is 42.1. The fourth-order valence-electron chi connectivity index (χ4n) is 3.21. The minimum Gasteiger partial charge on any atom is -0.491 e. The molecule has 0 radical (unpaired) electrons. The van der Waals surface area contributed by atoms with Crippen molar-refractivity contribution in [1.29, 1.82) is 0 Å². The highest BCUT2D eigenvalue weighted by Crippen LogP contribution is 2.36. The number of amides is 1. The van der Waals surface area contributed by atoms with Gasteiger partial charge in [-0.25, -0.2) is 8.42 Å². The SMILES string of the molecule is Cc1ccc(C)c(OCCNC(=O)CCCN(c2ccc3c(c2)OCO3)S(C)(=O)=O)c1. The average molecular weight is 449 g/mol. The lowest BCUT2D eigenvalue weighted by Gasteiger charge is -2.22. The van der Waals surface area contributed by atoms with Crippen molar-refractivity contribution in [2.24, 2.45) is 0 Å². The second-order valence-electron chi connectivity index (χ2n) is 7.44. The van der Waals surface area contributed by atoms with E-state index in [-0.39, 0.29) is 25.7 Å². The lowest BCUT2D eigenvalue weighted by molar-refractivity contribution is -0.121. The number of aryl methyl sites for hydroxylation is 2. The zero-order valence-corrected chi connectivity index (χ0v) is 18.8. The summed E-state index contributed by atoms with van der Waals surface area (Å²) >= 11 is 0. The Hall–Kier alpha value is -2.94. The number of anilines is 1. The van der Waals surface area contributed by atoms with Crippen molar-refractivity contribution in [2.75, 3.05) is 37.1 Å². The number of benzene rings is 2. The molecule has 9 heteroatoms. The summed E-state index contributed by atoms with van der Waals surface area (Å²) in [6, 6.07) is 11.0. The molecule has 2 aromatic rings. The second-order valence-corrected chi connectivity index (χ2v) is 9.35. The van der Waals surface area contributed by atoms with Crippen LogP contribution in [-0.4, -0.2) is 47.1 Å². The molecule has 1 aliphatic heterocycles. The van der Waals surface area contributed by atoms with Crippen molar-refractivity contribution in [3.05, 3.63) is 47.5 Å². The van der Waals surface area contributed by atoms with Crippen molar-refractivity contribution in [2.45, 2.75) is 26.7 Å². The van der Waals surface area contributed by atoms with Gasteiger partial charge in [0.05, 0.1) is 18.5 Å². The van der Waals surface area contributed by atoms with Gasteiger partial charge in [-0.1, -0.05) is 12.1 Å². The zero-order valence-electron chi connectivity index (χ0n) is 18.0. The van der Waals surface area contributed by atoms with Gasteiger partial charge in [0.15, 0.2) is 11.5 Å². The van der Waals surface area contributed by atoms with E-state index < -0.39 is 10.0 Å². The van der Waals surface area contributed by atoms with E-state index in [9.17, 15) is 13.2 Å². The Kier molecular flexibility index (Phi) is 7.27. The lowest BCUT2D eigenvalue weighted by atomic mass is 10.1. The fraction of sp³-hybridized carbons (Fsp3) is 0.409. The third-order valence-corrected chi connectivity index (χ3v) is 6.03. The number of sulfonamides is 1. The largest absolute Gasteiger partial charge is 0.491 e.